The molecule has 4 rings (SSSR count). The fourth-order valence-corrected chi connectivity index (χ4v) is 3.60. The molecule has 2 aliphatic rings. The average Bonchev–Trinajstić information content (AvgIpc) is 3.46. The highest BCUT2D eigenvalue weighted by Crippen LogP contribution is 2.35. The largest absolute Gasteiger partial charge is 0.371 e. The molecule has 26 heavy (non-hydrogen) atoms. The highest BCUT2D eigenvalue weighted by Gasteiger charge is 2.30. The molecular weight excluding hydrogens is 326 g/mol. The second-order valence-electron chi connectivity index (χ2n) is 7.53. The third kappa shape index (κ3) is 3.45. The zero-order valence-corrected chi connectivity index (χ0v) is 15.7. The Balaban J connectivity index is 1.71. The van der Waals surface area contributed by atoms with Crippen LogP contribution in [0, 0.1) is 12.8 Å². The summed E-state index contributed by atoms with van der Waals surface area (Å²) in [6, 6.07) is 6.18. The monoisotopic (exact) mass is 353 g/mol. The Bertz CT molecular complexity index is 801. The first-order chi connectivity index (χ1) is 12.6. The summed E-state index contributed by atoms with van der Waals surface area (Å²) in [4.78, 5) is 14.6. The van der Waals surface area contributed by atoms with E-state index in [-0.39, 0.29) is 11.8 Å². The van der Waals surface area contributed by atoms with Gasteiger partial charge in [0, 0.05) is 43.0 Å². The molecule has 138 valence electrons. The molecule has 1 saturated heterocycles. The number of carbonyl (C=O) groups excluding carboxylic acids is 1. The van der Waals surface area contributed by atoms with Gasteiger partial charge < -0.3 is 14.8 Å². The van der Waals surface area contributed by atoms with Crippen molar-refractivity contribution in [3.8, 4) is 11.4 Å². The number of nitrogens with zero attached hydrogens (tertiary/aromatic N) is 4. The number of aromatic nitrogens is 3. The molecule has 6 heteroatoms. The number of rotatable bonds is 4. The van der Waals surface area contributed by atoms with Crippen molar-refractivity contribution in [2.75, 3.05) is 23.3 Å². The van der Waals surface area contributed by atoms with Gasteiger partial charge >= 0.3 is 0 Å². The number of carbonyl (C=O) groups is 1. The predicted octanol–water partition coefficient (Wildman–Crippen LogP) is 3.52. The highest BCUT2D eigenvalue weighted by atomic mass is 16.2. The van der Waals surface area contributed by atoms with Crippen molar-refractivity contribution < 1.29 is 4.79 Å². The van der Waals surface area contributed by atoms with Crippen LogP contribution >= 0.6 is 0 Å². The molecule has 2 aromatic rings. The maximum atomic E-state index is 12.2. The van der Waals surface area contributed by atoms with Crippen molar-refractivity contribution in [3.05, 3.63) is 24.0 Å². The summed E-state index contributed by atoms with van der Waals surface area (Å²) in [6.07, 6.45) is 7.01. The van der Waals surface area contributed by atoms with Crippen molar-refractivity contribution in [1.82, 2.24) is 14.8 Å². The van der Waals surface area contributed by atoms with Gasteiger partial charge in [0.25, 0.3) is 0 Å². The van der Waals surface area contributed by atoms with Crippen molar-refractivity contribution in [1.29, 1.82) is 0 Å². The second kappa shape index (κ2) is 7.09. The van der Waals surface area contributed by atoms with Crippen LogP contribution in [0.1, 0.15) is 44.3 Å². The summed E-state index contributed by atoms with van der Waals surface area (Å²) < 4.78 is 2.03. The Morgan fingerprint density at radius 2 is 1.85 bits per heavy atom. The molecule has 2 heterocycles. The third-order valence-electron chi connectivity index (χ3n) is 5.49. The summed E-state index contributed by atoms with van der Waals surface area (Å²) >= 11 is 0. The van der Waals surface area contributed by atoms with Crippen LogP contribution in [0.2, 0.25) is 0 Å². The van der Waals surface area contributed by atoms with Crippen LogP contribution in [0.15, 0.2) is 18.2 Å². The molecule has 0 unspecified atom stereocenters. The van der Waals surface area contributed by atoms with Gasteiger partial charge in [0.1, 0.15) is 5.82 Å². The lowest BCUT2D eigenvalue weighted by molar-refractivity contribution is -0.117. The number of anilines is 2. The quantitative estimate of drug-likeness (QED) is 0.913. The molecule has 0 radical (unpaired) electrons. The van der Waals surface area contributed by atoms with Crippen LogP contribution in [0.5, 0.6) is 0 Å². The van der Waals surface area contributed by atoms with Gasteiger partial charge in [-0.15, -0.1) is 10.2 Å². The fraction of sp³-hybridized carbons (Fsp3) is 0.550. The van der Waals surface area contributed by atoms with Crippen LogP contribution in [0.3, 0.4) is 0 Å². The first-order valence-electron chi connectivity index (χ1n) is 9.70. The third-order valence-corrected chi connectivity index (χ3v) is 5.49. The lowest BCUT2D eigenvalue weighted by Crippen LogP contribution is -2.25. The molecular formula is C20H27N5O. The minimum Gasteiger partial charge on any atom is -0.371 e. The van der Waals surface area contributed by atoms with Crippen LogP contribution in [0.4, 0.5) is 11.4 Å². The van der Waals surface area contributed by atoms with Crippen LogP contribution in [0.25, 0.3) is 11.4 Å². The summed E-state index contributed by atoms with van der Waals surface area (Å²) in [5.41, 5.74) is 3.11. The molecule has 1 amide bonds. The molecule has 0 bridgehead atoms. The first kappa shape index (κ1) is 17.1. The van der Waals surface area contributed by atoms with Gasteiger partial charge in [0.15, 0.2) is 5.82 Å². The van der Waals surface area contributed by atoms with Gasteiger partial charge in [-0.2, -0.15) is 0 Å². The summed E-state index contributed by atoms with van der Waals surface area (Å²) in [5, 5.41) is 11.7. The van der Waals surface area contributed by atoms with Crippen LogP contribution in [-0.2, 0) is 11.8 Å². The summed E-state index contributed by atoms with van der Waals surface area (Å²) in [7, 11) is 2.00. The molecule has 1 aliphatic heterocycles. The minimum atomic E-state index is 0.147. The van der Waals surface area contributed by atoms with Gasteiger partial charge in [-0.3, -0.25) is 4.79 Å². The van der Waals surface area contributed by atoms with Gasteiger partial charge in [-0.05, 0) is 50.8 Å². The molecule has 1 saturated carbocycles. The van der Waals surface area contributed by atoms with Crippen molar-refractivity contribution in [2.24, 2.45) is 13.0 Å². The zero-order valence-electron chi connectivity index (χ0n) is 15.7. The number of amides is 1. The van der Waals surface area contributed by atoms with E-state index in [2.05, 4.69) is 32.5 Å². The molecule has 6 nitrogen and oxygen atoms in total. The van der Waals surface area contributed by atoms with E-state index in [0.717, 1.165) is 54.5 Å². The van der Waals surface area contributed by atoms with E-state index in [1.807, 2.05) is 24.6 Å². The Labute approximate surface area is 154 Å². The molecule has 1 N–H and O–H groups in total. The number of benzene rings is 1. The summed E-state index contributed by atoms with van der Waals surface area (Å²) in [5.74, 6) is 2.13. The van der Waals surface area contributed by atoms with Gasteiger partial charge in [0.2, 0.25) is 5.91 Å². The van der Waals surface area contributed by atoms with E-state index in [4.69, 9.17) is 0 Å². The van der Waals surface area contributed by atoms with Crippen LogP contribution in [-0.4, -0.2) is 33.8 Å². The van der Waals surface area contributed by atoms with Crippen molar-refractivity contribution in [2.45, 2.75) is 45.4 Å². The zero-order chi connectivity index (χ0) is 18.1. The molecule has 1 aliphatic carbocycles. The second-order valence-corrected chi connectivity index (χ2v) is 7.53. The SMILES string of the molecule is Cc1nnc(-c2ccc(NC(=O)C3CC3)cc2N2CCCCCC2)n1C. The van der Waals surface area contributed by atoms with Crippen molar-refractivity contribution in [3.63, 3.8) is 0 Å². The first-order valence-corrected chi connectivity index (χ1v) is 9.70. The Morgan fingerprint density at radius 3 is 2.46 bits per heavy atom. The lowest BCUT2D eigenvalue weighted by atomic mass is 10.1. The Morgan fingerprint density at radius 1 is 1.12 bits per heavy atom. The van der Waals surface area contributed by atoms with Gasteiger partial charge in [0.05, 0.1) is 0 Å². The molecule has 1 aromatic heterocycles. The van der Waals surface area contributed by atoms with E-state index in [0.29, 0.717) is 0 Å². The van der Waals surface area contributed by atoms with E-state index in [1.54, 1.807) is 0 Å². The number of hydrogen-bond donors (Lipinski definition) is 1. The number of hydrogen-bond acceptors (Lipinski definition) is 4. The standard InChI is InChI=1S/C20H27N5O/c1-14-22-23-19(24(14)2)17-10-9-16(21-20(26)15-7-8-15)13-18(17)25-11-5-3-4-6-12-25/h9-10,13,15H,3-8,11-12H2,1-2H3,(H,21,26). The van der Waals surface area contributed by atoms with E-state index < -0.39 is 0 Å². The normalized spacial score (nSPS) is 17.8. The average molecular weight is 353 g/mol. The van der Waals surface area contributed by atoms with E-state index >= 15 is 0 Å². The highest BCUT2D eigenvalue weighted by molar-refractivity contribution is 5.95. The lowest BCUT2D eigenvalue weighted by Gasteiger charge is -2.26. The van der Waals surface area contributed by atoms with Crippen molar-refractivity contribution >= 4 is 17.3 Å². The molecule has 1 aromatic carbocycles. The van der Waals surface area contributed by atoms with Gasteiger partial charge in [-0.1, -0.05) is 12.8 Å². The molecule has 0 atom stereocenters. The van der Waals surface area contributed by atoms with Gasteiger partial charge in [-0.25, -0.2) is 0 Å². The predicted molar refractivity (Wildman–Crippen MR) is 103 cm³/mol. The maximum absolute atomic E-state index is 12.2. The molecule has 0 spiro atoms. The smallest absolute Gasteiger partial charge is 0.227 e. The minimum absolute atomic E-state index is 0.147. The fourth-order valence-electron chi connectivity index (χ4n) is 3.60. The Kier molecular flexibility index (Phi) is 4.66. The topological polar surface area (TPSA) is 63.1 Å². The number of nitrogens with one attached hydrogen (secondary N) is 1. The number of aryl methyl sites for hydroxylation is 1. The Hall–Kier alpha value is -2.37. The van der Waals surface area contributed by atoms with E-state index in [9.17, 15) is 4.79 Å². The van der Waals surface area contributed by atoms with E-state index in [1.165, 1.54) is 25.7 Å². The maximum Gasteiger partial charge on any atom is 0.227 e. The summed E-state index contributed by atoms with van der Waals surface area (Å²) in [6.45, 7) is 4.06. The van der Waals surface area contributed by atoms with Crippen LogP contribution < -0.4 is 10.2 Å². The molecule has 2 fully saturated rings.